The lowest BCUT2D eigenvalue weighted by Crippen LogP contribution is -2.13. The van der Waals surface area contributed by atoms with Gasteiger partial charge >= 0.3 is 0 Å². The van der Waals surface area contributed by atoms with Crippen LogP contribution in [-0.4, -0.2) is 29.8 Å². The molecule has 0 aromatic heterocycles. The molecule has 0 spiro atoms. The number of rotatable bonds is 11. The molecule has 2 rings (SSSR count). The van der Waals surface area contributed by atoms with E-state index in [1.165, 1.54) is 31.4 Å². The van der Waals surface area contributed by atoms with Gasteiger partial charge in [0.2, 0.25) is 0 Å². The fourth-order valence-corrected chi connectivity index (χ4v) is 3.16. The Morgan fingerprint density at radius 3 is 2.30 bits per heavy atom. The Morgan fingerprint density at radius 2 is 1.76 bits per heavy atom. The first kappa shape index (κ1) is 25.4. The summed E-state index contributed by atoms with van der Waals surface area (Å²) in [5.41, 5.74) is 6.91. The molecule has 3 N–H and O–H groups in total. The van der Waals surface area contributed by atoms with E-state index in [0.717, 1.165) is 0 Å². The number of non-ortho nitro benzene ring substituents is 1. The maximum atomic E-state index is 13.1. The smallest absolute Gasteiger partial charge is 0.273 e. The van der Waals surface area contributed by atoms with E-state index in [-0.39, 0.29) is 40.4 Å². The molecule has 2 aromatic rings. The van der Waals surface area contributed by atoms with E-state index in [2.05, 4.69) is 5.32 Å². The van der Waals surface area contributed by atoms with Crippen molar-refractivity contribution in [2.75, 3.05) is 12.4 Å². The highest BCUT2D eigenvalue weighted by molar-refractivity contribution is 6.07. The molecular formula is C24H29N3O6. The number of nitrogens with one attached hydrogen (secondary N) is 1. The number of methoxy groups -OCH3 is 1. The first-order chi connectivity index (χ1) is 15.5. The molecule has 0 fully saturated rings. The minimum atomic E-state index is -0.609. The van der Waals surface area contributed by atoms with Gasteiger partial charge in [0.15, 0.2) is 5.78 Å². The number of anilines is 1. The summed E-state index contributed by atoms with van der Waals surface area (Å²) in [6.07, 6.45) is 1.73. The van der Waals surface area contributed by atoms with Crippen molar-refractivity contribution in [3.63, 3.8) is 0 Å². The molecule has 0 heterocycles. The van der Waals surface area contributed by atoms with Crippen LogP contribution in [0.1, 0.15) is 54.8 Å². The average Bonchev–Trinajstić information content (AvgIpc) is 2.72. The third-order valence-corrected chi connectivity index (χ3v) is 4.51. The van der Waals surface area contributed by atoms with E-state index in [1.54, 1.807) is 32.0 Å². The van der Waals surface area contributed by atoms with Crippen LogP contribution in [0.3, 0.4) is 0 Å². The van der Waals surface area contributed by atoms with Crippen molar-refractivity contribution in [2.24, 2.45) is 11.7 Å². The number of ketones is 1. The molecule has 0 bridgehead atoms. The van der Waals surface area contributed by atoms with Crippen LogP contribution < -0.4 is 20.5 Å². The fourth-order valence-electron chi connectivity index (χ4n) is 3.16. The quantitative estimate of drug-likeness (QED) is 0.217. The van der Waals surface area contributed by atoms with Crippen molar-refractivity contribution >= 4 is 23.1 Å². The summed E-state index contributed by atoms with van der Waals surface area (Å²) in [5.74, 6) is -0.277. The largest absolute Gasteiger partial charge is 0.496 e. The van der Waals surface area contributed by atoms with Gasteiger partial charge in [-0.1, -0.05) is 13.8 Å². The van der Waals surface area contributed by atoms with Gasteiger partial charge in [-0.2, -0.15) is 0 Å². The molecule has 1 amide bonds. The van der Waals surface area contributed by atoms with E-state index in [9.17, 15) is 19.7 Å². The van der Waals surface area contributed by atoms with Crippen LogP contribution >= 0.6 is 0 Å². The monoisotopic (exact) mass is 455 g/mol. The molecule has 9 heteroatoms. The minimum Gasteiger partial charge on any atom is -0.496 e. The number of nitrogens with zero attached hydrogens (tertiary/aromatic N) is 1. The lowest BCUT2D eigenvalue weighted by molar-refractivity contribution is -0.384. The van der Waals surface area contributed by atoms with Crippen LogP contribution in [0.4, 0.5) is 11.4 Å². The average molecular weight is 456 g/mol. The van der Waals surface area contributed by atoms with Crippen molar-refractivity contribution in [3.8, 4) is 11.5 Å². The molecule has 0 saturated carbocycles. The predicted octanol–water partition coefficient (Wildman–Crippen LogP) is 4.71. The third kappa shape index (κ3) is 7.06. The number of nitro benzene ring substituents is 1. The van der Waals surface area contributed by atoms with Crippen molar-refractivity contribution < 1.29 is 24.0 Å². The lowest BCUT2D eigenvalue weighted by Gasteiger charge is -2.16. The number of amides is 1. The van der Waals surface area contributed by atoms with Crippen molar-refractivity contribution in [1.82, 2.24) is 0 Å². The third-order valence-electron chi connectivity index (χ3n) is 4.51. The first-order valence-electron chi connectivity index (χ1n) is 10.5. The predicted molar refractivity (Wildman–Crippen MR) is 126 cm³/mol. The number of carbonyl (C=O) groups excluding carboxylic acids is 2. The highest BCUT2D eigenvalue weighted by Gasteiger charge is 2.18. The lowest BCUT2D eigenvalue weighted by atomic mass is 10.0. The zero-order valence-corrected chi connectivity index (χ0v) is 19.4. The van der Waals surface area contributed by atoms with Gasteiger partial charge < -0.3 is 20.5 Å². The highest BCUT2D eigenvalue weighted by Crippen LogP contribution is 2.28. The zero-order chi connectivity index (χ0) is 24.7. The number of nitrogens with two attached hydrogens (primary N) is 1. The van der Waals surface area contributed by atoms with Crippen LogP contribution in [-0.2, 0) is 0 Å². The maximum absolute atomic E-state index is 13.1. The number of hydrogen-bond donors (Lipinski definition) is 2. The number of ether oxygens (including phenoxy) is 2. The molecule has 33 heavy (non-hydrogen) atoms. The van der Waals surface area contributed by atoms with E-state index in [0.29, 0.717) is 23.6 Å². The van der Waals surface area contributed by atoms with Crippen LogP contribution in [0.25, 0.3) is 0 Å². The Hall–Kier alpha value is -3.88. The molecular weight excluding hydrogens is 426 g/mol. The van der Waals surface area contributed by atoms with Gasteiger partial charge in [-0.3, -0.25) is 19.7 Å². The van der Waals surface area contributed by atoms with Gasteiger partial charge in [-0.25, -0.2) is 0 Å². The Kier molecular flexibility index (Phi) is 8.56. The number of allylic oxidation sites excluding steroid dienone is 2. The summed E-state index contributed by atoms with van der Waals surface area (Å²) in [5, 5.41) is 14.3. The number of benzene rings is 2. The number of carbonyl (C=O) groups is 2. The van der Waals surface area contributed by atoms with E-state index >= 15 is 0 Å². The van der Waals surface area contributed by atoms with E-state index in [1.807, 2.05) is 13.8 Å². The van der Waals surface area contributed by atoms with Crippen LogP contribution in [0.15, 0.2) is 48.2 Å². The second-order valence-electron chi connectivity index (χ2n) is 8.14. The Morgan fingerprint density at radius 1 is 1.09 bits per heavy atom. The summed E-state index contributed by atoms with van der Waals surface area (Å²) in [7, 11) is 1.44. The Bertz CT molecular complexity index is 1080. The number of hydrogen-bond acceptors (Lipinski definition) is 7. The first-order valence-corrected chi connectivity index (χ1v) is 10.5. The summed E-state index contributed by atoms with van der Waals surface area (Å²) in [4.78, 5) is 35.3. The SMILES string of the molecule is COc1cc(N/C(=C\C(=O)c2ccc([N+](=O)[O-])cc2OC(C)C)CC(C)C)ccc1C(N)=O. The zero-order valence-electron chi connectivity index (χ0n) is 19.4. The van der Waals surface area contributed by atoms with Crippen molar-refractivity contribution in [2.45, 2.75) is 40.2 Å². The van der Waals surface area contributed by atoms with Gasteiger partial charge in [-0.15, -0.1) is 0 Å². The van der Waals surface area contributed by atoms with E-state index < -0.39 is 10.8 Å². The number of primary amides is 1. The van der Waals surface area contributed by atoms with Crippen molar-refractivity contribution in [1.29, 1.82) is 0 Å². The fraction of sp³-hybridized carbons (Fsp3) is 0.333. The number of nitro groups is 1. The van der Waals surface area contributed by atoms with Gasteiger partial charge in [-0.05, 0) is 44.4 Å². The maximum Gasteiger partial charge on any atom is 0.273 e. The second-order valence-corrected chi connectivity index (χ2v) is 8.14. The molecule has 9 nitrogen and oxygen atoms in total. The molecule has 0 aliphatic heterocycles. The molecule has 0 aliphatic rings. The second kappa shape index (κ2) is 11.1. The molecule has 0 radical (unpaired) electrons. The standard InChI is InChI=1S/C24H29N3O6/c1-14(2)10-17(26-16-6-8-20(24(25)29)22(12-16)32-5)11-21(28)19-9-7-18(27(30)31)13-23(19)33-15(3)4/h6-9,11-15,26H,10H2,1-5H3,(H2,25,29)/b17-11-. The normalized spacial score (nSPS) is 11.4. The molecule has 0 saturated heterocycles. The summed E-state index contributed by atoms with van der Waals surface area (Å²) in [6, 6.07) is 8.76. The molecule has 0 aliphatic carbocycles. The Labute approximate surface area is 192 Å². The topological polar surface area (TPSA) is 134 Å². The van der Waals surface area contributed by atoms with Gasteiger partial charge in [0.1, 0.15) is 11.5 Å². The van der Waals surface area contributed by atoms with E-state index in [4.69, 9.17) is 15.2 Å². The summed E-state index contributed by atoms with van der Waals surface area (Å²) in [6.45, 7) is 7.57. The highest BCUT2D eigenvalue weighted by atomic mass is 16.6. The van der Waals surface area contributed by atoms with Gasteiger partial charge in [0.25, 0.3) is 11.6 Å². The van der Waals surface area contributed by atoms with Crippen LogP contribution in [0, 0.1) is 16.0 Å². The molecule has 0 unspecified atom stereocenters. The van der Waals surface area contributed by atoms with Gasteiger partial charge in [0, 0.05) is 29.6 Å². The van der Waals surface area contributed by atoms with Crippen LogP contribution in [0.5, 0.6) is 11.5 Å². The molecule has 2 aromatic carbocycles. The Balaban J connectivity index is 2.43. The summed E-state index contributed by atoms with van der Waals surface area (Å²) >= 11 is 0. The summed E-state index contributed by atoms with van der Waals surface area (Å²) < 4.78 is 10.9. The van der Waals surface area contributed by atoms with Crippen LogP contribution in [0.2, 0.25) is 0 Å². The molecule has 176 valence electrons. The van der Waals surface area contributed by atoms with Gasteiger partial charge in [0.05, 0.1) is 35.3 Å². The molecule has 0 atom stereocenters. The van der Waals surface area contributed by atoms with Crippen molar-refractivity contribution in [3.05, 3.63) is 69.4 Å². The minimum absolute atomic E-state index is 0.150.